The first kappa shape index (κ1) is 7.27. The highest BCUT2D eigenvalue weighted by Gasteiger charge is 2.16. The van der Waals surface area contributed by atoms with Crippen molar-refractivity contribution in [1.29, 1.82) is 0 Å². The van der Waals surface area contributed by atoms with Crippen molar-refractivity contribution in [1.82, 2.24) is 30.0 Å². The highest BCUT2D eigenvalue weighted by atomic mass is 16.6. The second-order valence-corrected chi connectivity index (χ2v) is 2.03. The van der Waals surface area contributed by atoms with Crippen LogP contribution in [0.25, 0.3) is 5.78 Å². The minimum atomic E-state index is -0.786. The lowest BCUT2D eigenvalue weighted by molar-refractivity contribution is -0.395. The van der Waals surface area contributed by atoms with Gasteiger partial charge in [0.1, 0.15) is 0 Å². The highest BCUT2D eigenvalue weighted by Crippen LogP contribution is 2.02. The molecule has 10 nitrogen and oxygen atoms in total. The van der Waals surface area contributed by atoms with Crippen molar-refractivity contribution < 1.29 is 4.92 Å². The number of anilines is 1. The van der Waals surface area contributed by atoms with Crippen LogP contribution in [0.4, 0.5) is 11.9 Å². The average Bonchev–Trinajstić information content (AvgIpc) is 2.47. The molecule has 2 N–H and O–H groups in total. The smallest absolute Gasteiger partial charge is 0.390 e. The van der Waals surface area contributed by atoms with Crippen molar-refractivity contribution >= 4 is 17.7 Å². The van der Waals surface area contributed by atoms with Crippen LogP contribution < -0.4 is 5.73 Å². The minimum absolute atomic E-state index is 0.0168. The molecule has 10 heteroatoms. The summed E-state index contributed by atoms with van der Waals surface area (Å²) in [7, 11) is 0. The van der Waals surface area contributed by atoms with Crippen LogP contribution >= 0.6 is 0 Å². The molecular formula is C3H2N8O2. The van der Waals surface area contributed by atoms with Crippen molar-refractivity contribution in [3.05, 3.63) is 10.1 Å². The van der Waals surface area contributed by atoms with E-state index in [4.69, 9.17) is 5.73 Å². The Morgan fingerprint density at radius 3 is 2.69 bits per heavy atom. The van der Waals surface area contributed by atoms with Gasteiger partial charge in [0.15, 0.2) is 0 Å². The SMILES string of the molecule is Nc1nnc2nnc([N+](=O)[O-])nn12. The van der Waals surface area contributed by atoms with E-state index in [1.54, 1.807) is 0 Å². The number of fused-ring (bicyclic) bond motifs is 1. The van der Waals surface area contributed by atoms with Crippen LogP contribution in [-0.2, 0) is 0 Å². The van der Waals surface area contributed by atoms with Gasteiger partial charge in [0.2, 0.25) is 0 Å². The number of nitrogens with two attached hydrogens (primary N) is 1. The van der Waals surface area contributed by atoms with E-state index in [1.807, 2.05) is 0 Å². The quantitative estimate of drug-likeness (QED) is 0.411. The van der Waals surface area contributed by atoms with Gasteiger partial charge in [0.05, 0.1) is 5.10 Å². The predicted octanol–water partition coefficient (Wildman–Crippen LogP) is -1.60. The Balaban J connectivity index is 2.72. The Morgan fingerprint density at radius 1 is 1.31 bits per heavy atom. The summed E-state index contributed by atoms with van der Waals surface area (Å²) in [6, 6.07) is 0. The summed E-state index contributed by atoms with van der Waals surface area (Å²) < 4.78 is 0.936. The van der Waals surface area contributed by atoms with Crippen molar-refractivity contribution in [2.45, 2.75) is 0 Å². The summed E-state index contributed by atoms with van der Waals surface area (Å²) in [4.78, 5) is 9.44. The van der Waals surface area contributed by atoms with Crippen LogP contribution in [0.3, 0.4) is 0 Å². The van der Waals surface area contributed by atoms with Gasteiger partial charge in [0, 0.05) is 5.10 Å². The maximum atomic E-state index is 10.2. The molecule has 0 atom stereocenters. The van der Waals surface area contributed by atoms with Crippen LogP contribution in [0.5, 0.6) is 0 Å². The Morgan fingerprint density at radius 2 is 2.00 bits per heavy atom. The fraction of sp³-hybridized carbons (Fsp3) is 0. The van der Waals surface area contributed by atoms with E-state index in [0.29, 0.717) is 0 Å². The molecule has 0 bridgehead atoms. The lowest BCUT2D eigenvalue weighted by Crippen LogP contribution is -2.06. The van der Waals surface area contributed by atoms with E-state index in [1.165, 1.54) is 0 Å². The first-order chi connectivity index (χ1) is 6.18. The molecule has 13 heavy (non-hydrogen) atoms. The molecule has 2 aromatic rings. The molecule has 0 aliphatic rings. The number of nitrogen functional groups attached to an aromatic ring is 1. The van der Waals surface area contributed by atoms with Crippen LogP contribution in [0.1, 0.15) is 0 Å². The average molecular weight is 182 g/mol. The van der Waals surface area contributed by atoms with Crippen molar-refractivity contribution in [2.24, 2.45) is 0 Å². The Hall–Kier alpha value is -2.39. The van der Waals surface area contributed by atoms with Gasteiger partial charge in [-0.25, -0.2) is 0 Å². The predicted molar refractivity (Wildman–Crippen MR) is 37.4 cm³/mol. The van der Waals surface area contributed by atoms with E-state index in [0.717, 1.165) is 4.52 Å². The van der Waals surface area contributed by atoms with Gasteiger partial charge >= 0.3 is 11.7 Å². The number of hydrogen-bond acceptors (Lipinski definition) is 8. The Bertz CT molecular complexity index is 475. The van der Waals surface area contributed by atoms with Crippen molar-refractivity contribution in [2.75, 3.05) is 5.73 Å². The molecule has 2 rings (SSSR count). The summed E-state index contributed by atoms with van der Waals surface area (Å²) in [5.74, 6) is -0.713. The van der Waals surface area contributed by atoms with Gasteiger partial charge < -0.3 is 15.8 Å². The molecular weight excluding hydrogens is 180 g/mol. The number of aromatic nitrogens is 6. The largest absolute Gasteiger partial charge is 0.512 e. The summed E-state index contributed by atoms with van der Waals surface area (Å²) in [6.45, 7) is 0. The second-order valence-electron chi connectivity index (χ2n) is 2.03. The van der Waals surface area contributed by atoms with Crippen LogP contribution in [0, 0.1) is 10.1 Å². The van der Waals surface area contributed by atoms with Gasteiger partial charge in [-0.3, -0.25) is 0 Å². The Labute approximate surface area is 69.5 Å². The van der Waals surface area contributed by atoms with Crippen molar-refractivity contribution in [3.8, 4) is 0 Å². The topological polar surface area (TPSA) is 138 Å². The van der Waals surface area contributed by atoms with Gasteiger partial charge in [0.25, 0.3) is 5.95 Å². The van der Waals surface area contributed by atoms with E-state index in [-0.39, 0.29) is 11.7 Å². The van der Waals surface area contributed by atoms with Gasteiger partial charge in [-0.05, 0) is 10.0 Å². The van der Waals surface area contributed by atoms with E-state index < -0.39 is 10.9 Å². The number of hydrogen-bond donors (Lipinski definition) is 1. The molecule has 0 spiro atoms. The molecule has 0 radical (unpaired) electrons. The summed E-state index contributed by atoms with van der Waals surface area (Å²) in [5, 5.41) is 27.1. The van der Waals surface area contributed by atoms with Gasteiger partial charge in [-0.15, -0.1) is 10.2 Å². The monoisotopic (exact) mass is 182 g/mol. The number of nitro groups is 1. The number of rotatable bonds is 1. The number of nitrogens with zero attached hydrogens (tertiary/aromatic N) is 7. The third-order valence-electron chi connectivity index (χ3n) is 1.23. The molecule has 0 aromatic carbocycles. The van der Waals surface area contributed by atoms with Crippen molar-refractivity contribution in [3.63, 3.8) is 0 Å². The van der Waals surface area contributed by atoms with Gasteiger partial charge in [-0.2, -0.15) is 0 Å². The molecule has 0 unspecified atom stereocenters. The third-order valence-corrected chi connectivity index (χ3v) is 1.23. The summed E-state index contributed by atoms with van der Waals surface area (Å²) >= 11 is 0. The third kappa shape index (κ3) is 0.998. The molecule has 2 heterocycles. The first-order valence-corrected chi connectivity index (χ1v) is 3.04. The van der Waals surface area contributed by atoms with Crippen LogP contribution in [-0.4, -0.2) is 34.9 Å². The molecule has 0 saturated carbocycles. The maximum Gasteiger partial charge on any atom is 0.512 e. The summed E-state index contributed by atoms with van der Waals surface area (Å²) in [5.41, 5.74) is 5.28. The lowest BCUT2D eigenvalue weighted by Gasteiger charge is -1.89. The standard InChI is InChI=1S/C3H2N8O2/c4-1-5-6-2-7-8-3(11(12)13)9-10(1)2/h(H2,4,5). The molecule has 66 valence electrons. The van der Waals surface area contributed by atoms with Gasteiger partial charge in [-0.1, -0.05) is 4.52 Å². The molecule has 0 aliphatic carbocycles. The van der Waals surface area contributed by atoms with Crippen LogP contribution in [0.15, 0.2) is 0 Å². The molecule has 0 fully saturated rings. The molecule has 0 saturated heterocycles. The molecule has 2 aromatic heterocycles. The van der Waals surface area contributed by atoms with Crippen LogP contribution in [0.2, 0.25) is 0 Å². The fourth-order valence-electron chi connectivity index (χ4n) is 0.713. The highest BCUT2D eigenvalue weighted by molar-refractivity contribution is 5.32. The zero-order valence-electron chi connectivity index (χ0n) is 6.02. The zero-order valence-corrected chi connectivity index (χ0v) is 6.02. The van der Waals surface area contributed by atoms with E-state index >= 15 is 0 Å². The molecule has 0 amide bonds. The second kappa shape index (κ2) is 2.30. The normalized spacial score (nSPS) is 10.5. The fourth-order valence-corrected chi connectivity index (χ4v) is 0.713. The van der Waals surface area contributed by atoms with E-state index in [9.17, 15) is 10.1 Å². The Kier molecular flexibility index (Phi) is 1.28. The lowest BCUT2D eigenvalue weighted by atomic mass is 11.0. The molecule has 0 aliphatic heterocycles. The minimum Gasteiger partial charge on any atom is -0.390 e. The first-order valence-electron chi connectivity index (χ1n) is 3.04. The zero-order chi connectivity index (χ0) is 9.42. The van der Waals surface area contributed by atoms with E-state index in [2.05, 4.69) is 25.5 Å². The summed E-state index contributed by atoms with van der Waals surface area (Å²) in [6.07, 6.45) is 0. The maximum absolute atomic E-state index is 10.2.